The first-order chi connectivity index (χ1) is 8.58. The van der Waals surface area contributed by atoms with Crippen LogP contribution >= 0.6 is 12.4 Å². The van der Waals surface area contributed by atoms with Gasteiger partial charge in [0.25, 0.3) is 0 Å². The quantitative estimate of drug-likeness (QED) is 0.842. The molecule has 0 aromatic heterocycles. The van der Waals surface area contributed by atoms with Gasteiger partial charge in [0, 0.05) is 6.54 Å². The van der Waals surface area contributed by atoms with Crippen molar-refractivity contribution in [2.24, 2.45) is 11.1 Å². The zero-order valence-electron chi connectivity index (χ0n) is 10.8. The van der Waals surface area contributed by atoms with Gasteiger partial charge in [-0.25, -0.2) is 4.39 Å². The van der Waals surface area contributed by atoms with Crippen molar-refractivity contribution < 1.29 is 22.4 Å². The third-order valence-corrected chi connectivity index (χ3v) is 2.67. The van der Waals surface area contributed by atoms with Crippen LogP contribution in [-0.2, 0) is 11.0 Å². The van der Waals surface area contributed by atoms with Crippen molar-refractivity contribution in [2.75, 3.05) is 11.9 Å². The number of benzene rings is 1. The van der Waals surface area contributed by atoms with E-state index in [1.165, 1.54) is 13.8 Å². The molecule has 1 rings (SSSR count). The Morgan fingerprint density at radius 1 is 1.30 bits per heavy atom. The Labute approximate surface area is 119 Å². The molecular weight excluding hydrogens is 300 g/mol. The van der Waals surface area contributed by atoms with Crippen molar-refractivity contribution in [3.05, 3.63) is 29.6 Å². The lowest BCUT2D eigenvalue weighted by Gasteiger charge is -2.21. The summed E-state index contributed by atoms with van der Waals surface area (Å²) in [6.07, 6.45) is -4.60. The van der Waals surface area contributed by atoms with Gasteiger partial charge in [0.15, 0.2) is 0 Å². The highest BCUT2D eigenvalue weighted by atomic mass is 35.5. The highest BCUT2D eigenvalue weighted by molar-refractivity contribution is 5.95. The van der Waals surface area contributed by atoms with Crippen molar-refractivity contribution in [1.29, 1.82) is 0 Å². The van der Waals surface area contributed by atoms with Crippen molar-refractivity contribution in [3.8, 4) is 0 Å². The van der Waals surface area contributed by atoms with E-state index in [9.17, 15) is 22.4 Å². The SMILES string of the molecule is CC(C)(CN)C(=O)Nc1cc(C(F)(F)F)ccc1F.Cl. The fraction of sp³-hybridized carbons (Fsp3) is 0.417. The van der Waals surface area contributed by atoms with Crippen LogP contribution in [0.1, 0.15) is 19.4 Å². The summed E-state index contributed by atoms with van der Waals surface area (Å²) >= 11 is 0. The molecule has 8 heteroatoms. The standard InChI is InChI=1S/C12H14F4N2O.ClH/c1-11(2,6-17)10(19)18-9-5-7(12(14,15)16)3-4-8(9)13;/h3-5H,6,17H2,1-2H3,(H,18,19);1H. The molecule has 0 saturated carbocycles. The molecular formula is C12H15ClF4N2O. The van der Waals surface area contributed by atoms with Crippen molar-refractivity contribution in [3.63, 3.8) is 0 Å². The zero-order valence-corrected chi connectivity index (χ0v) is 11.7. The Bertz CT molecular complexity index is 489. The minimum Gasteiger partial charge on any atom is -0.329 e. The third kappa shape index (κ3) is 4.35. The van der Waals surface area contributed by atoms with Crippen LogP contribution in [-0.4, -0.2) is 12.5 Å². The minimum atomic E-state index is -4.60. The van der Waals surface area contributed by atoms with E-state index in [2.05, 4.69) is 5.32 Å². The van der Waals surface area contributed by atoms with Crippen molar-refractivity contribution >= 4 is 24.0 Å². The highest BCUT2D eigenvalue weighted by Gasteiger charge is 2.32. The van der Waals surface area contributed by atoms with Crippen LogP contribution in [0, 0.1) is 11.2 Å². The maximum absolute atomic E-state index is 13.4. The molecule has 1 aromatic rings. The molecule has 0 aliphatic carbocycles. The summed E-state index contributed by atoms with van der Waals surface area (Å²) in [6, 6.07) is 1.83. The van der Waals surface area contributed by atoms with Gasteiger partial charge in [0.2, 0.25) is 5.91 Å². The molecule has 0 unspecified atom stereocenters. The van der Waals surface area contributed by atoms with E-state index in [1.54, 1.807) is 0 Å². The smallest absolute Gasteiger partial charge is 0.329 e. The number of anilines is 1. The van der Waals surface area contributed by atoms with Gasteiger partial charge in [-0.05, 0) is 32.0 Å². The summed E-state index contributed by atoms with van der Waals surface area (Å²) in [7, 11) is 0. The summed E-state index contributed by atoms with van der Waals surface area (Å²) in [6.45, 7) is 3.00. The number of carbonyl (C=O) groups is 1. The van der Waals surface area contributed by atoms with Crippen LogP contribution in [0.15, 0.2) is 18.2 Å². The molecule has 1 amide bonds. The molecule has 0 saturated heterocycles. The number of nitrogens with one attached hydrogen (secondary N) is 1. The number of nitrogens with two attached hydrogens (primary N) is 1. The first kappa shape index (κ1) is 18.7. The van der Waals surface area contributed by atoms with E-state index in [-0.39, 0.29) is 19.0 Å². The number of carbonyl (C=O) groups excluding carboxylic acids is 1. The molecule has 3 nitrogen and oxygen atoms in total. The molecule has 20 heavy (non-hydrogen) atoms. The number of hydrogen-bond acceptors (Lipinski definition) is 2. The molecule has 0 heterocycles. The highest BCUT2D eigenvalue weighted by Crippen LogP contribution is 2.32. The first-order valence-corrected chi connectivity index (χ1v) is 5.46. The van der Waals surface area contributed by atoms with Crippen molar-refractivity contribution in [2.45, 2.75) is 20.0 Å². The Morgan fingerprint density at radius 2 is 1.85 bits per heavy atom. The third-order valence-electron chi connectivity index (χ3n) is 2.67. The second-order valence-corrected chi connectivity index (χ2v) is 4.73. The summed E-state index contributed by atoms with van der Waals surface area (Å²) in [5.74, 6) is -1.58. The molecule has 0 bridgehead atoms. The zero-order chi connectivity index (χ0) is 14.8. The Balaban J connectivity index is 0.00000361. The average Bonchev–Trinajstić information content (AvgIpc) is 2.30. The van der Waals surface area contributed by atoms with E-state index in [4.69, 9.17) is 5.73 Å². The number of hydrogen-bond donors (Lipinski definition) is 2. The van der Waals surface area contributed by atoms with Crippen LogP contribution in [0.3, 0.4) is 0 Å². The summed E-state index contributed by atoms with van der Waals surface area (Å²) in [4.78, 5) is 11.7. The molecule has 0 fully saturated rings. The normalized spacial score (nSPS) is 11.8. The lowest BCUT2D eigenvalue weighted by molar-refractivity contribution is -0.137. The second-order valence-electron chi connectivity index (χ2n) is 4.73. The maximum atomic E-state index is 13.4. The number of rotatable bonds is 3. The van der Waals surface area contributed by atoms with Crippen LogP contribution in [0.25, 0.3) is 0 Å². The molecule has 0 radical (unpaired) electrons. The van der Waals surface area contributed by atoms with Gasteiger partial charge in [0.1, 0.15) is 5.82 Å². The summed E-state index contributed by atoms with van der Waals surface area (Å²) < 4.78 is 50.8. The fourth-order valence-corrected chi connectivity index (χ4v) is 1.18. The largest absolute Gasteiger partial charge is 0.416 e. The molecule has 3 N–H and O–H groups in total. The van der Waals surface area contributed by atoms with Gasteiger partial charge in [-0.15, -0.1) is 12.4 Å². The van der Waals surface area contributed by atoms with Crippen LogP contribution in [0.4, 0.5) is 23.2 Å². The Hall–Kier alpha value is -1.34. The molecule has 1 aromatic carbocycles. The van der Waals surface area contributed by atoms with E-state index < -0.39 is 34.6 Å². The topological polar surface area (TPSA) is 55.1 Å². The fourth-order valence-electron chi connectivity index (χ4n) is 1.18. The Kier molecular flexibility index (Phi) is 5.98. The van der Waals surface area contributed by atoms with Gasteiger partial charge in [-0.2, -0.15) is 13.2 Å². The van der Waals surface area contributed by atoms with E-state index >= 15 is 0 Å². The molecule has 0 aliphatic heterocycles. The van der Waals surface area contributed by atoms with Gasteiger partial charge in [-0.3, -0.25) is 4.79 Å². The molecule has 0 spiro atoms. The molecule has 0 atom stereocenters. The lowest BCUT2D eigenvalue weighted by Crippen LogP contribution is -2.37. The first-order valence-electron chi connectivity index (χ1n) is 5.46. The van der Waals surface area contributed by atoms with Crippen LogP contribution < -0.4 is 11.1 Å². The van der Waals surface area contributed by atoms with Crippen LogP contribution in [0.2, 0.25) is 0 Å². The Morgan fingerprint density at radius 3 is 2.30 bits per heavy atom. The monoisotopic (exact) mass is 314 g/mol. The molecule has 114 valence electrons. The maximum Gasteiger partial charge on any atom is 0.416 e. The van der Waals surface area contributed by atoms with E-state index in [0.29, 0.717) is 18.2 Å². The van der Waals surface area contributed by atoms with Gasteiger partial charge < -0.3 is 11.1 Å². The number of halogens is 5. The second kappa shape index (κ2) is 6.41. The number of amides is 1. The predicted molar refractivity (Wildman–Crippen MR) is 70.1 cm³/mol. The van der Waals surface area contributed by atoms with Crippen LogP contribution in [0.5, 0.6) is 0 Å². The number of alkyl halides is 3. The van der Waals surface area contributed by atoms with E-state index in [1.807, 2.05) is 0 Å². The predicted octanol–water partition coefficient (Wildman–Crippen LogP) is 3.19. The lowest BCUT2D eigenvalue weighted by atomic mass is 9.92. The van der Waals surface area contributed by atoms with Gasteiger partial charge in [-0.1, -0.05) is 0 Å². The van der Waals surface area contributed by atoms with Gasteiger partial charge >= 0.3 is 6.18 Å². The summed E-state index contributed by atoms with van der Waals surface area (Å²) in [5, 5.41) is 2.12. The van der Waals surface area contributed by atoms with Crippen molar-refractivity contribution in [1.82, 2.24) is 0 Å². The summed E-state index contributed by atoms with van der Waals surface area (Å²) in [5.41, 5.74) is 2.82. The minimum absolute atomic E-state index is 0. The molecule has 0 aliphatic rings. The van der Waals surface area contributed by atoms with Gasteiger partial charge in [0.05, 0.1) is 16.7 Å². The average molecular weight is 315 g/mol. The van der Waals surface area contributed by atoms with E-state index in [0.717, 1.165) is 0 Å².